The lowest BCUT2D eigenvalue weighted by atomic mass is 10.2. The van der Waals surface area contributed by atoms with E-state index in [-0.39, 0.29) is 12.5 Å². The molecule has 6 heteroatoms. The molecule has 1 aromatic heterocycles. The van der Waals surface area contributed by atoms with Crippen molar-refractivity contribution in [3.8, 4) is 10.6 Å². The minimum atomic E-state index is -0.911. The number of carbonyl (C=O) groups excluding carboxylic acids is 1. The second kappa shape index (κ2) is 6.70. The number of carbonyl (C=O) groups is 2. The number of nitrogens with zero attached hydrogens (tertiary/aromatic N) is 2. The molecule has 0 aliphatic carbocycles. The molecule has 1 aromatic carbocycles. The Balaban J connectivity index is 2.20. The van der Waals surface area contributed by atoms with Crippen molar-refractivity contribution in [2.24, 2.45) is 5.92 Å². The summed E-state index contributed by atoms with van der Waals surface area (Å²) in [6.45, 7) is 3.55. The predicted octanol–water partition coefficient (Wildman–Crippen LogP) is 2.91. The first-order valence-electron chi connectivity index (χ1n) is 6.91. The number of benzene rings is 1. The Bertz CT molecular complexity index is 682. The van der Waals surface area contributed by atoms with Crippen LogP contribution >= 0.6 is 11.3 Å². The van der Waals surface area contributed by atoms with Crippen LogP contribution in [0.25, 0.3) is 10.6 Å². The van der Waals surface area contributed by atoms with Gasteiger partial charge >= 0.3 is 5.97 Å². The van der Waals surface area contributed by atoms with Crippen LogP contribution in [0.2, 0.25) is 0 Å². The van der Waals surface area contributed by atoms with Gasteiger partial charge in [0.2, 0.25) is 0 Å². The number of aryl methyl sites for hydroxylation is 1. The van der Waals surface area contributed by atoms with E-state index >= 15 is 0 Å². The molecule has 0 saturated carbocycles. The van der Waals surface area contributed by atoms with Crippen LogP contribution in [0.15, 0.2) is 30.3 Å². The molecule has 1 heterocycles. The molecule has 2 rings (SSSR count). The van der Waals surface area contributed by atoms with Crippen LogP contribution in [0.4, 0.5) is 0 Å². The standard InChI is InChI=1S/C16H18N2O3S/c1-10(16(20)21)9-18(3)15(19)13-11(2)17-14(22-13)12-7-5-4-6-8-12/h4-8,10H,9H2,1-3H3,(H,20,21). The van der Waals surface area contributed by atoms with Crippen molar-refractivity contribution in [3.63, 3.8) is 0 Å². The van der Waals surface area contributed by atoms with E-state index in [0.29, 0.717) is 10.6 Å². The van der Waals surface area contributed by atoms with Gasteiger partial charge in [0, 0.05) is 19.2 Å². The highest BCUT2D eigenvalue weighted by Crippen LogP contribution is 2.28. The molecule has 0 saturated heterocycles. The van der Waals surface area contributed by atoms with E-state index < -0.39 is 11.9 Å². The average Bonchev–Trinajstić information content (AvgIpc) is 2.89. The number of rotatable bonds is 5. The fourth-order valence-corrected chi connectivity index (χ4v) is 3.11. The zero-order valence-corrected chi connectivity index (χ0v) is 13.6. The molecule has 0 radical (unpaired) electrons. The van der Waals surface area contributed by atoms with Crippen molar-refractivity contribution in [2.45, 2.75) is 13.8 Å². The third kappa shape index (κ3) is 3.51. The second-order valence-electron chi connectivity index (χ2n) is 5.22. The van der Waals surface area contributed by atoms with Crippen LogP contribution in [0.3, 0.4) is 0 Å². The molecule has 116 valence electrons. The van der Waals surface area contributed by atoms with Gasteiger partial charge in [-0.15, -0.1) is 11.3 Å². The van der Waals surface area contributed by atoms with Gasteiger partial charge in [-0.1, -0.05) is 37.3 Å². The van der Waals surface area contributed by atoms with Crippen LogP contribution in [0.5, 0.6) is 0 Å². The highest BCUT2D eigenvalue weighted by Gasteiger charge is 2.22. The monoisotopic (exact) mass is 318 g/mol. The van der Waals surface area contributed by atoms with E-state index in [1.165, 1.54) is 16.2 Å². The first kappa shape index (κ1) is 16.2. The Morgan fingerprint density at radius 2 is 1.95 bits per heavy atom. The van der Waals surface area contributed by atoms with E-state index in [2.05, 4.69) is 4.98 Å². The van der Waals surface area contributed by atoms with Gasteiger partial charge in [-0.3, -0.25) is 9.59 Å². The van der Waals surface area contributed by atoms with Gasteiger partial charge < -0.3 is 10.0 Å². The molecule has 1 N–H and O–H groups in total. The Labute approximate surface area is 133 Å². The van der Waals surface area contributed by atoms with Crippen molar-refractivity contribution in [1.82, 2.24) is 9.88 Å². The molecule has 22 heavy (non-hydrogen) atoms. The highest BCUT2D eigenvalue weighted by molar-refractivity contribution is 7.17. The summed E-state index contributed by atoms with van der Waals surface area (Å²) in [6, 6.07) is 9.67. The van der Waals surface area contributed by atoms with Gasteiger partial charge in [0.05, 0.1) is 11.6 Å². The zero-order valence-electron chi connectivity index (χ0n) is 12.7. The third-order valence-electron chi connectivity index (χ3n) is 3.33. The highest BCUT2D eigenvalue weighted by atomic mass is 32.1. The lowest BCUT2D eigenvalue weighted by molar-refractivity contribution is -0.141. The number of hydrogen-bond acceptors (Lipinski definition) is 4. The number of aromatic nitrogens is 1. The van der Waals surface area contributed by atoms with Crippen molar-refractivity contribution < 1.29 is 14.7 Å². The summed E-state index contributed by atoms with van der Waals surface area (Å²) < 4.78 is 0. The lowest BCUT2D eigenvalue weighted by Gasteiger charge is -2.18. The summed E-state index contributed by atoms with van der Waals surface area (Å²) in [5.74, 6) is -1.70. The van der Waals surface area contributed by atoms with E-state index in [1.807, 2.05) is 30.3 Å². The summed E-state index contributed by atoms with van der Waals surface area (Å²) in [7, 11) is 1.61. The maximum Gasteiger partial charge on any atom is 0.308 e. The molecule has 2 aromatic rings. The summed E-state index contributed by atoms with van der Waals surface area (Å²) in [5.41, 5.74) is 1.64. The van der Waals surface area contributed by atoms with Crippen LogP contribution in [0, 0.1) is 12.8 Å². The molecule has 5 nitrogen and oxygen atoms in total. The minimum Gasteiger partial charge on any atom is -0.481 e. The summed E-state index contributed by atoms with van der Waals surface area (Å²) in [4.78, 5) is 29.8. The Hall–Kier alpha value is -2.21. The molecular weight excluding hydrogens is 300 g/mol. The minimum absolute atomic E-state index is 0.173. The molecule has 0 spiro atoms. The van der Waals surface area contributed by atoms with Crippen LogP contribution in [-0.4, -0.2) is 40.5 Å². The Morgan fingerprint density at radius 3 is 2.55 bits per heavy atom. The molecule has 1 amide bonds. The fourth-order valence-electron chi connectivity index (χ4n) is 2.04. The molecular formula is C16H18N2O3S. The predicted molar refractivity (Wildman–Crippen MR) is 86.0 cm³/mol. The van der Waals surface area contributed by atoms with Gasteiger partial charge in [0.25, 0.3) is 5.91 Å². The largest absolute Gasteiger partial charge is 0.481 e. The normalized spacial score (nSPS) is 12.0. The fraction of sp³-hybridized carbons (Fsp3) is 0.312. The second-order valence-corrected chi connectivity index (χ2v) is 6.22. The quantitative estimate of drug-likeness (QED) is 0.920. The molecule has 0 aliphatic rings. The van der Waals surface area contributed by atoms with E-state index in [0.717, 1.165) is 10.6 Å². The number of thiazole rings is 1. The first-order chi connectivity index (χ1) is 10.4. The van der Waals surface area contributed by atoms with Crippen molar-refractivity contribution >= 4 is 23.2 Å². The maximum atomic E-state index is 12.5. The first-order valence-corrected chi connectivity index (χ1v) is 7.73. The van der Waals surface area contributed by atoms with E-state index in [1.54, 1.807) is 20.9 Å². The number of amides is 1. The number of carboxylic acid groups (broad SMARTS) is 1. The van der Waals surface area contributed by atoms with Crippen molar-refractivity contribution in [1.29, 1.82) is 0 Å². The average molecular weight is 318 g/mol. The molecule has 1 unspecified atom stereocenters. The van der Waals surface area contributed by atoms with Gasteiger partial charge in [0.15, 0.2) is 0 Å². The van der Waals surface area contributed by atoms with Gasteiger partial charge in [-0.05, 0) is 6.92 Å². The van der Waals surface area contributed by atoms with Gasteiger partial charge in [0.1, 0.15) is 9.88 Å². The number of aliphatic carboxylic acids is 1. The van der Waals surface area contributed by atoms with Crippen molar-refractivity contribution in [2.75, 3.05) is 13.6 Å². The van der Waals surface area contributed by atoms with E-state index in [9.17, 15) is 9.59 Å². The zero-order chi connectivity index (χ0) is 16.3. The van der Waals surface area contributed by atoms with Crippen LogP contribution in [0.1, 0.15) is 22.3 Å². The van der Waals surface area contributed by atoms with Crippen LogP contribution < -0.4 is 0 Å². The summed E-state index contributed by atoms with van der Waals surface area (Å²) >= 11 is 1.33. The van der Waals surface area contributed by atoms with Gasteiger partial charge in [-0.25, -0.2) is 4.98 Å². The number of carboxylic acids is 1. The van der Waals surface area contributed by atoms with Gasteiger partial charge in [-0.2, -0.15) is 0 Å². The smallest absolute Gasteiger partial charge is 0.308 e. The third-order valence-corrected chi connectivity index (χ3v) is 4.52. The summed E-state index contributed by atoms with van der Waals surface area (Å²) in [6.07, 6.45) is 0. The molecule has 0 bridgehead atoms. The SMILES string of the molecule is Cc1nc(-c2ccccc2)sc1C(=O)N(C)CC(C)C(=O)O. The van der Waals surface area contributed by atoms with E-state index in [4.69, 9.17) is 5.11 Å². The molecule has 0 aliphatic heterocycles. The lowest BCUT2D eigenvalue weighted by Crippen LogP contribution is -2.33. The number of hydrogen-bond donors (Lipinski definition) is 1. The molecule has 0 fully saturated rings. The van der Waals surface area contributed by atoms with Crippen LogP contribution in [-0.2, 0) is 4.79 Å². The molecule has 1 atom stereocenters. The Kier molecular flexibility index (Phi) is 4.92. The topological polar surface area (TPSA) is 70.5 Å². The van der Waals surface area contributed by atoms with Crippen molar-refractivity contribution in [3.05, 3.63) is 40.9 Å². The Morgan fingerprint density at radius 1 is 1.32 bits per heavy atom. The maximum absolute atomic E-state index is 12.5. The summed E-state index contributed by atoms with van der Waals surface area (Å²) in [5, 5.41) is 9.74.